The van der Waals surface area contributed by atoms with Crippen molar-refractivity contribution in [2.75, 3.05) is 6.54 Å². The molecule has 0 bridgehead atoms. The highest BCUT2D eigenvalue weighted by atomic mass is 16.2. The Hall–Kier alpha value is -1.36. The number of H-pyrrole nitrogens is 1. The molecule has 0 saturated heterocycles. The minimum Gasteiger partial charge on any atom is -0.314 e. The summed E-state index contributed by atoms with van der Waals surface area (Å²) < 4.78 is 1.58. The molecule has 19 heavy (non-hydrogen) atoms. The maximum Gasteiger partial charge on any atom is 0.328 e. The van der Waals surface area contributed by atoms with Crippen molar-refractivity contribution in [2.24, 2.45) is 0 Å². The van der Waals surface area contributed by atoms with Crippen LogP contribution in [-0.2, 0) is 6.54 Å². The van der Waals surface area contributed by atoms with Crippen molar-refractivity contribution in [3.05, 3.63) is 32.6 Å². The van der Waals surface area contributed by atoms with Crippen molar-refractivity contribution in [1.82, 2.24) is 14.9 Å². The normalized spacial score (nSPS) is 16.7. The lowest BCUT2D eigenvalue weighted by molar-refractivity contribution is 0.368. The zero-order valence-corrected chi connectivity index (χ0v) is 11.6. The minimum absolute atomic E-state index is 0.290. The summed E-state index contributed by atoms with van der Waals surface area (Å²) >= 11 is 0. The molecular weight excluding hydrogens is 242 g/mol. The number of aryl methyl sites for hydroxylation is 2. The first-order chi connectivity index (χ1) is 9.16. The van der Waals surface area contributed by atoms with Crippen molar-refractivity contribution in [2.45, 2.75) is 58.0 Å². The van der Waals surface area contributed by atoms with Gasteiger partial charge in [-0.3, -0.25) is 9.78 Å². The fraction of sp³-hybridized carbons (Fsp3) is 0.714. The highest BCUT2D eigenvalue weighted by molar-refractivity contribution is 5.00. The molecular formula is C14H23N3O2. The van der Waals surface area contributed by atoms with Crippen LogP contribution < -0.4 is 16.6 Å². The fourth-order valence-electron chi connectivity index (χ4n) is 2.65. The molecule has 1 fully saturated rings. The number of hydrogen-bond acceptors (Lipinski definition) is 3. The molecule has 0 aromatic carbocycles. The van der Waals surface area contributed by atoms with Crippen LogP contribution in [0.3, 0.4) is 0 Å². The molecule has 2 N–H and O–H groups in total. The van der Waals surface area contributed by atoms with Gasteiger partial charge >= 0.3 is 5.69 Å². The summed E-state index contributed by atoms with van der Waals surface area (Å²) in [6, 6.07) is 0.655. The van der Waals surface area contributed by atoms with E-state index in [1.165, 1.54) is 32.1 Å². The Kier molecular flexibility index (Phi) is 4.96. The van der Waals surface area contributed by atoms with Gasteiger partial charge in [0.25, 0.3) is 5.56 Å². The van der Waals surface area contributed by atoms with Crippen LogP contribution >= 0.6 is 0 Å². The van der Waals surface area contributed by atoms with Gasteiger partial charge < -0.3 is 9.88 Å². The SMILES string of the molecule is Cc1cn(CCCNC2CCCCC2)c(=O)[nH]c1=O. The summed E-state index contributed by atoms with van der Waals surface area (Å²) in [6.45, 7) is 3.29. The third-order valence-corrected chi connectivity index (χ3v) is 3.80. The van der Waals surface area contributed by atoms with E-state index in [4.69, 9.17) is 0 Å². The number of rotatable bonds is 5. The van der Waals surface area contributed by atoms with E-state index in [2.05, 4.69) is 10.3 Å². The van der Waals surface area contributed by atoms with E-state index in [1.54, 1.807) is 17.7 Å². The lowest BCUT2D eigenvalue weighted by atomic mass is 9.95. The van der Waals surface area contributed by atoms with Crippen LogP contribution in [0, 0.1) is 6.92 Å². The van der Waals surface area contributed by atoms with Crippen molar-refractivity contribution >= 4 is 0 Å². The summed E-state index contributed by atoms with van der Waals surface area (Å²) in [7, 11) is 0. The van der Waals surface area contributed by atoms with Crippen LogP contribution in [0.2, 0.25) is 0 Å². The van der Waals surface area contributed by atoms with E-state index < -0.39 is 0 Å². The highest BCUT2D eigenvalue weighted by Crippen LogP contribution is 2.17. The first-order valence-corrected chi connectivity index (χ1v) is 7.20. The molecule has 0 spiro atoms. The summed E-state index contributed by atoms with van der Waals surface area (Å²) in [4.78, 5) is 25.2. The molecule has 5 nitrogen and oxygen atoms in total. The largest absolute Gasteiger partial charge is 0.328 e. The van der Waals surface area contributed by atoms with E-state index in [0.29, 0.717) is 18.2 Å². The molecule has 106 valence electrons. The number of aromatic nitrogens is 2. The first-order valence-electron chi connectivity index (χ1n) is 7.20. The number of nitrogens with zero attached hydrogens (tertiary/aromatic N) is 1. The van der Waals surface area contributed by atoms with Gasteiger partial charge in [0.05, 0.1) is 0 Å². The second-order valence-electron chi connectivity index (χ2n) is 5.41. The third kappa shape index (κ3) is 4.06. The van der Waals surface area contributed by atoms with Gasteiger partial charge in [-0.2, -0.15) is 0 Å². The molecule has 5 heteroatoms. The Labute approximate surface area is 113 Å². The standard InChI is InChI=1S/C14H23N3O2/c1-11-10-17(14(19)16-13(11)18)9-5-8-15-12-6-3-2-4-7-12/h10,12,15H,2-9H2,1H3,(H,16,18,19). The second kappa shape index (κ2) is 6.70. The Morgan fingerprint density at radius 1 is 1.32 bits per heavy atom. The van der Waals surface area contributed by atoms with Crippen LogP contribution in [0.25, 0.3) is 0 Å². The Morgan fingerprint density at radius 2 is 2.05 bits per heavy atom. The van der Waals surface area contributed by atoms with Gasteiger partial charge in [-0.1, -0.05) is 19.3 Å². The number of nitrogens with one attached hydrogen (secondary N) is 2. The van der Waals surface area contributed by atoms with E-state index >= 15 is 0 Å². The fourth-order valence-corrected chi connectivity index (χ4v) is 2.65. The van der Waals surface area contributed by atoms with Crippen LogP contribution in [0.5, 0.6) is 0 Å². The van der Waals surface area contributed by atoms with Gasteiger partial charge in [-0.05, 0) is 32.7 Å². The quantitative estimate of drug-likeness (QED) is 0.785. The van der Waals surface area contributed by atoms with Crippen molar-refractivity contribution in [1.29, 1.82) is 0 Å². The van der Waals surface area contributed by atoms with E-state index in [-0.39, 0.29) is 11.2 Å². The highest BCUT2D eigenvalue weighted by Gasteiger charge is 2.11. The van der Waals surface area contributed by atoms with Crippen molar-refractivity contribution in [3.63, 3.8) is 0 Å². The lowest BCUT2D eigenvalue weighted by Crippen LogP contribution is -2.34. The van der Waals surface area contributed by atoms with Gasteiger partial charge in [0.15, 0.2) is 0 Å². The van der Waals surface area contributed by atoms with E-state index in [1.807, 2.05) is 0 Å². The van der Waals surface area contributed by atoms with E-state index in [9.17, 15) is 9.59 Å². The monoisotopic (exact) mass is 265 g/mol. The van der Waals surface area contributed by atoms with Crippen molar-refractivity contribution in [3.8, 4) is 0 Å². The lowest BCUT2D eigenvalue weighted by Gasteiger charge is -2.22. The second-order valence-corrected chi connectivity index (χ2v) is 5.41. The molecule has 1 aliphatic carbocycles. The molecule has 0 amide bonds. The van der Waals surface area contributed by atoms with Crippen LogP contribution in [0.4, 0.5) is 0 Å². The third-order valence-electron chi connectivity index (χ3n) is 3.80. The number of aromatic amines is 1. The average molecular weight is 265 g/mol. The van der Waals surface area contributed by atoms with Gasteiger partial charge in [-0.25, -0.2) is 4.79 Å². The predicted molar refractivity (Wildman–Crippen MR) is 75.6 cm³/mol. The molecule has 0 aliphatic heterocycles. The first kappa shape index (κ1) is 14.1. The van der Waals surface area contributed by atoms with E-state index in [0.717, 1.165) is 13.0 Å². The maximum absolute atomic E-state index is 11.6. The average Bonchev–Trinajstić information content (AvgIpc) is 2.41. The summed E-state index contributed by atoms with van der Waals surface area (Å²) in [5.74, 6) is 0. The molecule has 0 atom stereocenters. The zero-order chi connectivity index (χ0) is 13.7. The van der Waals surface area contributed by atoms with Gasteiger partial charge in [0.1, 0.15) is 0 Å². The van der Waals surface area contributed by atoms with Crippen LogP contribution in [-0.4, -0.2) is 22.1 Å². The predicted octanol–water partition coefficient (Wildman–Crippen LogP) is 1.16. The molecule has 0 radical (unpaired) electrons. The summed E-state index contributed by atoms with van der Waals surface area (Å²) in [5.41, 5.74) is -0.0188. The molecule has 2 rings (SSSR count). The smallest absolute Gasteiger partial charge is 0.314 e. The van der Waals surface area contributed by atoms with Gasteiger partial charge in [0.2, 0.25) is 0 Å². The molecule has 1 heterocycles. The van der Waals surface area contributed by atoms with Crippen molar-refractivity contribution < 1.29 is 0 Å². The summed E-state index contributed by atoms with van der Waals surface area (Å²) in [5, 5.41) is 3.55. The van der Waals surface area contributed by atoms with Gasteiger partial charge in [-0.15, -0.1) is 0 Å². The maximum atomic E-state index is 11.6. The number of hydrogen-bond donors (Lipinski definition) is 2. The van der Waals surface area contributed by atoms with Gasteiger partial charge in [0, 0.05) is 24.3 Å². The zero-order valence-electron chi connectivity index (χ0n) is 11.6. The summed E-state index contributed by atoms with van der Waals surface area (Å²) in [6.07, 6.45) is 9.12. The van der Waals surface area contributed by atoms with Crippen LogP contribution in [0.15, 0.2) is 15.8 Å². The minimum atomic E-state index is -0.312. The Morgan fingerprint density at radius 3 is 2.79 bits per heavy atom. The van der Waals surface area contributed by atoms with Crippen LogP contribution in [0.1, 0.15) is 44.1 Å². The molecule has 1 aliphatic rings. The molecule has 0 unspecified atom stereocenters. The molecule has 1 aromatic rings. The molecule has 1 aromatic heterocycles. The Balaban J connectivity index is 1.78. The Bertz CT molecular complexity index is 512. The topological polar surface area (TPSA) is 66.9 Å². The molecule has 1 saturated carbocycles.